The molecular formula is C62H55ClN14O6S3. The molecule has 0 atom stereocenters. The fourth-order valence-electron chi connectivity index (χ4n) is 8.32. The van der Waals surface area contributed by atoms with Crippen LogP contribution >= 0.6 is 11.6 Å². The topological polar surface area (TPSA) is 270 Å². The first-order valence-electron chi connectivity index (χ1n) is 25.8. The summed E-state index contributed by atoms with van der Waals surface area (Å²) in [5.41, 5.74) is 13.7. The summed E-state index contributed by atoms with van der Waals surface area (Å²) in [6.45, 7) is 3.75. The highest BCUT2D eigenvalue weighted by Crippen LogP contribution is 2.30. The second-order valence-corrected chi connectivity index (χ2v) is 24.2. The summed E-state index contributed by atoms with van der Waals surface area (Å²) >= 11 is 5.99. The molecule has 7 heterocycles. The van der Waals surface area contributed by atoms with Crippen LogP contribution in [-0.4, -0.2) is 74.5 Å². The van der Waals surface area contributed by atoms with Crippen LogP contribution in [0.15, 0.2) is 258 Å². The number of sulfonamides is 3. The van der Waals surface area contributed by atoms with Gasteiger partial charge in [0.2, 0.25) is 0 Å². The first-order chi connectivity index (χ1) is 41.0. The molecular weight excluding hydrogens is 1170 g/mol. The minimum absolute atomic E-state index is 0. The van der Waals surface area contributed by atoms with Crippen LogP contribution in [0.5, 0.6) is 0 Å². The number of benzene rings is 5. The zero-order valence-corrected chi connectivity index (χ0v) is 48.4. The van der Waals surface area contributed by atoms with Crippen LogP contribution in [0.25, 0.3) is 51.0 Å². The van der Waals surface area contributed by atoms with Crippen molar-refractivity contribution in [3.63, 3.8) is 0 Å². The fourth-order valence-corrected chi connectivity index (χ4v) is 11.7. The number of aryl methyl sites for hydroxylation is 2. The third-order valence-electron chi connectivity index (χ3n) is 12.5. The lowest BCUT2D eigenvalue weighted by Crippen LogP contribution is -2.16. The van der Waals surface area contributed by atoms with Gasteiger partial charge in [-0.1, -0.05) is 79.2 Å². The number of hydrogen-bond acceptors (Lipinski definition) is 14. The summed E-state index contributed by atoms with van der Waals surface area (Å²) in [4.78, 5) is 16.8. The van der Waals surface area contributed by atoms with E-state index in [4.69, 9.17) is 17.3 Å². The van der Waals surface area contributed by atoms with E-state index >= 15 is 0 Å². The van der Waals surface area contributed by atoms with E-state index in [1.54, 1.807) is 162 Å². The van der Waals surface area contributed by atoms with Crippen molar-refractivity contribution in [1.29, 1.82) is 0 Å². The number of nitrogens with zero attached hydrogens (tertiary/aromatic N) is 10. The lowest BCUT2D eigenvalue weighted by atomic mass is 10.2. The van der Waals surface area contributed by atoms with Crippen LogP contribution in [0, 0.1) is 13.8 Å². The Morgan fingerprint density at radius 1 is 0.395 bits per heavy atom. The van der Waals surface area contributed by atoms with Crippen molar-refractivity contribution in [2.75, 3.05) is 19.9 Å². The number of rotatable bonds is 15. The van der Waals surface area contributed by atoms with Crippen LogP contribution in [-0.2, 0) is 30.1 Å². The van der Waals surface area contributed by atoms with Crippen molar-refractivity contribution in [3.8, 4) is 51.0 Å². The van der Waals surface area contributed by atoms with Crippen molar-refractivity contribution in [3.05, 3.63) is 260 Å². The largest absolute Gasteiger partial charge is 0.399 e. The molecule has 0 saturated heterocycles. The van der Waals surface area contributed by atoms with Crippen molar-refractivity contribution in [2.24, 2.45) is 0 Å². The van der Waals surface area contributed by atoms with E-state index < -0.39 is 30.1 Å². The SMILES string of the molecule is C.Cc1ccc(S(=O)(=O)Nc2cc(-c3ccncc3)nn2-c2ccccn2)cc1.Cc1cccc(S(=O)(=O)Nc2cc(-c3ccncc3)nn2-c2ccc(Cl)cc2)c1.Nc1cccc(S(=O)(=O)Nc2cc(-c3ccncc3)nn2-c2ccccc2)c1. The van der Waals surface area contributed by atoms with Gasteiger partial charge in [0.25, 0.3) is 30.1 Å². The molecule has 5 N–H and O–H groups in total. The number of hydrogen-bond donors (Lipinski definition) is 4. The summed E-state index contributed by atoms with van der Waals surface area (Å²) in [7, 11) is -11.4. The summed E-state index contributed by atoms with van der Waals surface area (Å²) in [6.07, 6.45) is 11.6. The van der Waals surface area contributed by atoms with E-state index in [1.165, 1.54) is 16.8 Å². The van der Waals surface area contributed by atoms with E-state index in [0.29, 0.717) is 56.8 Å². The van der Waals surface area contributed by atoms with E-state index in [0.717, 1.165) is 33.5 Å². The molecule has 24 heteroatoms. The molecule has 12 aromatic rings. The zero-order chi connectivity index (χ0) is 59.6. The molecule has 0 bridgehead atoms. The highest BCUT2D eigenvalue weighted by atomic mass is 35.5. The molecule has 0 unspecified atom stereocenters. The minimum atomic E-state index is -3.84. The summed E-state index contributed by atoms with van der Waals surface area (Å²) < 4.78 is 89.8. The standard InChI is InChI=1S/C21H17ClN4O2S.2C20H17N5O2S.CH4/c1-15-3-2-4-19(13-15)29(27,28)25-21-14-20(16-9-11-23-12-10-16)24-26(21)18-7-5-17(22)6-8-18;1-15-5-7-17(8-6-15)28(26,27)24-20-14-18(16-9-12-21-13-10-16)23-25(20)19-4-2-3-11-22-19;21-16-5-4-8-18(13-16)28(26,27)24-20-14-19(15-9-11-22-12-10-15)23-25(20)17-6-2-1-3-7-17;/h2-14,25H,1H3;2-14,24H,1H3;1-14,24H,21H2;1H4. The highest BCUT2D eigenvalue weighted by molar-refractivity contribution is 7.93. The van der Waals surface area contributed by atoms with Crippen molar-refractivity contribution in [2.45, 2.75) is 36.0 Å². The van der Waals surface area contributed by atoms with E-state index in [2.05, 4.69) is 49.4 Å². The smallest absolute Gasteiger partial charge is 0.263 e. The molecule has 0 aliphatic rings. The maximum atomic E-state index is 13.0. The van der Waals surface area contributed by atoms with Crippen LogP contribution in [0.2, 0.25) is 5.02 Å². The Morgan fingerprint density at radius 2 is 0.826 bits per heavy atom. The van der Waals surface area contributed by atoms with Crippen LogP contribution in [0.1, 0.15) is 18.6 Å². The molecule has 20 nitrogen and oxygen atoms in total. The monoisotopic (exact) mass is 1220 g/mol. The fraction of sp³-hybridized carbons (Fsp3) is 0.0484. The molecule has 5 aromatic carbocycles. The average Bonchev–Trinajstić information content (AvgIpc) is 2.25. The summed E-state index contributed by atoms with van der Waals surface area (Å²) in [5, 5.41) is 14.3. The number of aromatic nitrogens is 10. The van der Waals surface area contributed by atoms with Crippen LogP contribution in [0.4, 0.5) is 23.1 Å². The lowest BCUT2D eigenvalue weighted by molar-refractivity contribution is 0.599. The molecule has 0 amide bonds. The number of pyridine rings is 4. The molecule has 0 aliphatic heterocycles. The van der Waals surface area contributed by atoms with Gasteiger partial charge >= 0.3 is 0 Å². The van der Waals surface area contributed by atoms with Gasteiger partial charge in [0, 0.05) is 89.0 Å². The van der Waals surface area contributed by atoms with Gasteiger partial charge in [-0.15, -0.1) is 0 Å². The minimum Gasteiger partial charge on any atom is -0.399 e. The summed E-state index contributed by atoms with van der Waals surface area (Å²) in [6, 6.07) is 57.1. The summed E-state index contributed by atoms with van der Waals surface area (Å²) in [5.74, 6) is 1.44. The van der Waals surface area contributed by atoms with Crippen LogP contribution < -0.4 is 19.9 Å². The quantitative estimate of drug-likeness (QED) is 0.0695. The van der Waals surface area contributed by atoms with E-state index in [9.17, 15) is 25.3 Å². The van der Waals surface area contributed by atoms with Gasteiger partial charge in [-0.25, -0.2) is 39.6 Å². The molecule has 0 saturated carbocycles. The Hall–Kier alpha value is -10.3. The molecule has 0 spiro atoms. The molecule has 12 rings (SSSR count). The number of nitrogen functional groups attached to an aromatic ring is 1. The van der Waals surface area contributed by atoms with Gasteiger partial charge in [0.05, 0.1) is 43.1 Å². The predicted octanol–water partition coefficient (Wildman–Crippen LogP) is 12.1. The molecule has 0 aliphatic carbocycles. The number of nitrogens with one attached hydrogen (secondary N) is 3. The Kier molecular flexibility index (Phi) is 18.6. The number of halogens is 1. The van der Waals surface area contributed by atoms with Crippen molar-refractivity contribution >= 4 is 64.8 Å². The maximum absolute atomic E-state index is 13.0. The van der Waals surface area contributed by atoms with Crippen LogP contribution in [0.3, 0.4) is 0 Å². The molecule has 0 radical (unpaired) electrons. The van der Waals surface area contributed by atoms with Gasteiger partial charge in [-0.2, -0.15) is 20.0 Å². The van der Waals surface area contributed by atoms with Crippen molar-refractivity contribution < 1.29 is 25.3 Å². The van der Waals surface area contributed by atoms with Gasteiger partial charge in [0.15, 0.2) is 5.82 Å². The number of para-hydroxylation sites is 1. The van der Waals surface area contributed by atoms with Gasteiger partial charge in [-0.05, 0) is 147 Å². The second kappa shape index (κ2) is 26.5. The zero-order valence-electron chi connectivity index (χ0n) is 45.2. The normalized spacial score (nSPS) is 11.2. The third-order valence-corrected chi connectivity index (χ3v) is 16.8. The lowest BCUT2D eigenvalue weighted by Gasteiger charge is -2.11. The molecule has 0 fully saturated rings. The average molecular weight is 1220 g/mol. The van der Waals surface area contributed by atoms with E-state index in [1.807, 2.05) is 92.7 Å². The van der Waals surface area contributed by atoms with Gasteiger partial charge in [-0.3, -0.25) is 29.1 Å². The Balaban J connectivity index is 0.000000153. The maximum Gasteiger partial charge on any atom is 0.263 e. The first kappa shape index (κ1) is 60.3. The highest BCUT2D eigenvalue weighted by Gasteiger charge is 2.23. The van der Waals surface area contributed by atoms with E-state index in [-0.39, 0.29) is 22.1 Å². The molecule has 7 aromatic heterocycles. The third kappa shape index (κ3) is 14.7. The Labute approximate surface area is 502 Å². The van der Waals surface area contributed by atoms with Gasteiger partial charge < -0.3 is 5.73 Å². The van der Waals surface area contributed by atoms with Crippen molar-refractivity contribution in [1.82, 2.24) is 49.3 Å². The predicted molar refractivity (Wildman–Crippen MR) is 336 cm³/mol. The van der Waals surface area contributed by atoms with Gasteiger partial charge in [0.1, 0.15) is 17.5 Å². The Bertz CT molecular complexity index is 4590. The number of anilines is 4. The molecule has 86 heavy (non-hydrogen) atoms. The second-order valence-electron chi connectivity index (χ2n) is 18.7. The first-order valence-corrected chi connectivity index (χ1v) is 30.6. The Morgan fingerprint density at radius 3 is 1.29 bits per heavy atom. The molecule has 434 valence electrons. The number of nitrogens with two attached hydrogens (primary N) is 1.